The summed E-state index contributed by atoms with van der Waals surface area (Å²) in [6.45, 7) is 1.11. The molecule has 1 fully saturated rings. The Balaban J connectivity index is 2.15. The highest BCUT2D eigenvalue weighted by Crippen LogP contribution is 2.27. The van der Waals surface area contributed by atoms with Gasteiger partial charge in [0, 0.05) is 0 Å². The molecule has 14 heavy (non-hydrogen) atoms. The van der Waals surface area contributed by atoms with Gasteiger partial charge in [0.05, 0.1) is 13.2 Å². The zero-order chi connectivity index (χ0) is 10.0. The van der Waals surface area contributed by atoms with Gasteiger partial charge in [-0.15, -0.1) is 0 Å². The van der Waals surface area contributed by atoms with Crippen molar-refractivity contribution in [3.63, 3.8) is 0 Å². The molecule has 0 unspecified atom stereocenters. The summed E-state index contributed by atoms with van der Waals surface area (Å²) in [6, 6.07) is 3.39. The van der Waals surface area contributed by atoms with Crippen LogP contribution in [0, 0.1) is 0 Å². The predicted octanol–water partition coefficient (Wildman–Crippen LogP) is -0.214. The molecule has 2 heterocycles. The molecule has 0 amide bonds. The number of rotatable bonds is 3. The molecule has 1 saturated heterocycles. The highest BCUT2D eigenvalue weighted by Gasteiger charge is 2.37. The molecule has 0 saturated carbocycles. The van der Waals surface area contributed by atoms with Gasteiger partial charge in [-0.25, -0.2) is 5.90 Å². The molecule has 4 N–H and O–H groups in total. The molecule has 1 aromatic heterocycles. The molecule has 0 radical (unpaired) electrons. The van der Waals surface area contributed by atoms with E-state index >= 15 is 0 Å². The lowest BCUT2D eigenvalue weighted by atomic mass is 10.3. The van der Waals surface area contributed by atoms with Crippen LogP contribution in [0.5, 0.6) is 0 Å². The molecule has 0 aliphatic carbocycles. The zero-order valence-electron chi connectivity index (χ0n) is 7.56. The summed E-state index contributed by atoms with van der Waals surface area (Å²) < 4.78 is 15.7. The third-order valence-corrected chi connectivity index (χ3v) is 1.95. The number of hydrogen-bond donors (Lipinski definition) is 2. The monoisotopic (exact) mass is 200 g/mol. The van der Waals surface area contributed by atoms with Crippen LogP contribution in [0.2, 0.25) is 0 Å². The molecular formula is C8H12N2O4. The molecule has 1 aliphatic heterocycles. The largest absolute Gasteiger partial charge is 0.456 e. The van der Waals surface area contributed by atoms with E-state index in [0.717, 1.165) is 0 Å². The van der Waals surface area contributed by atoms with Crippen LogP contribution >= 0.6 is 0 Å². The number of furan rings is 1. The lowest BCUT2D eigenvalue weighted by Crippen LogP contribution is -2.37. The normalized spacial score (nSPS) is 20.1. The smallest absolute Gasteiger partial charge is 0.287 e. The summed E-state index contributed by atoms with van der Waals surface area (Å²) in [5, 5.41) is 0. The Morgan fingerprint density at radius 3 is 2.71 bits per heavy atom. The maximum absolute atomic E-state index is 5.78. The fraction of sp³-hybridized carbons (Fsp3) is 0.500. The first-order valence-electron chi connectivity index (χ1n) is 4.22. The van der Waals surface area contributed by atoms with E-state index in [9.17, 15) is 0 Å². The minimum Gasteiger partial charge on any atom is -0.456 e. The van der Waals surface area contributed by atoms with Crippen molar-refractivity contribution in [1.29, 1.82) is 0 Å². The van der Waals surface area contributed by atoms with E-state index in [1.807, 2.05) is 0 Å². The summed E-state index contributed by atoms with van der Waals surface area (Å²) in [7, 11) is 0. The maximum atomic E-state index is 5.78. The van der Waals surface area contributed by atoms with Crippen LogP contribution in [0.4, 0.5) is 0 Å². The van der Waals surface area contributed by atoms with Crippen LogP contribution < -0.4 is 11.6 Å². The van der Waals surface area contributed by atoms with Crippen molar-refractivity contribution < 1.29 is 18.7 Å². The molecule has 6 nitrogen and oxygen atoms in total. The maximum Gasteiger partial charge on any atom is 0.287 e. The third kappa shape index (κ3) is 1.66. The predicted molar refractivity (Wildman–Crippen MR) is 45.5 cm³/mol. The van der Waals surface area contributed by atoms with E-state index in [1.165, 1.54) is 0 Å². The van der Waals surface area contributed by atoms with Gasteiger partial charge < -0.3 is 13.9 Å². The van der Waals surface area contributed by atoms with E-state index in [1.54, 1.807) is 12.1 Å². The van der Waals surface area contributed by atoms with E-state index in [2.05, 4.69) is 4.84 Å². The second kappa shape index (κ2) is 3.68. The Morgan fingerprint density at radius 1 is 1.36 bits per heavy atom. The highest BCUT2D eigenvalue weighted by molar-refractivity contribution is 5.11. The topological polar surface area (TPSA) is 92.9 Å². The molecule has 2 rings (SSSR count). The second-order valence-electron chi connectivity index (χ2n) is 2.94. The Hall–Kier alpha value is -0.920. The summed E-state index contributed by atoms with van der Waals surface area (Å²) in [5.41, 5.74) is 5.78. The molecule has 1 aromatic rings. The van der Waals surface area contributed by atoms with Crippen molar-refractivity contribution in [2.75, 3.05) is 13.2 Å². The molecule has 0 aromatic carbocycles. The first-order valence-corrected chi connectivity index (χ1v) is 4.22. The molecule has 78 valence electrons. The highest BCUT2D eigenvalue weighted by atomic mass is 16.8. The molecule has 0 atom stereocenters. The number of hydrogen-bond acceptors (Lipinski definition) is 6. The fourth-order valence-corrected chi connectivity index (χ4v) is 1.30. The van der Waals surface area contributed by atoms with Crippen LogP contribution in [0.1, 0.15) is 11.5 Å². The minimum atomic E-state index is -1.26. The van der Waals surface area contributed by atoms with Crippen LogP contribution in [0.25, 0.3) is 0 Å². The molecule has 6 heteroatoms. The lowest BCUT2D eigenvalue weighted by molar-refractivity contribution is -0.174. The Kier molecular flexibility index (Phi) is 2.53. The van der Waals surface area contributed by atoms with Crippen molar-refractivity contribution in [3.05, 3.63) is 23.7 Å². The van der Waals surface area contributed by atoms with Crippen molar-refractivity contribution in [3.8, 4) is 0 Å². The van der Waals surface area contributed by atoms with Gasteiger partial charge >= 0.3 is 0 Å². The van der Waals surface area contributed by atoms with Crippen LogP contribution in [-0.4, -0.2) is 13.2 Å². The summed E-state index contributed by atoms with van der Waals surface area (Å²) in [6.07, 6.45) is 0. The average molecular weight is 200 g/mol. The first kappa shape index (κ1) is 9.63. The van der Waals surface area contributed by atoms with Gasteiger partial charge in [-0.05, 0) is 12.1 Å². The lowest BCUT2D eigenvalue weighted by Gasteiger charge is -2.18. The molecule has 0 bridgehead atoms. The summed E-state index contributed by atoms with van der Waals surface area (Å²) in [5.74, 6) is 4.64. The van der Waals surface area contributed by atoms with Crippen molar-refractivity contribution in [1.82, 2.24) is 0 Å². The number of ether oxygens (including phenoxy) is 2. The van der Waals surface area contributed by atoms with Gasteiger partial charge in [0.1, 0.15) is 12.4 Å². The van der Waals surface area contributed by atoms with Crippen LogP contribution in [-0.2, 0) is 26.8 Å². The Morgan fingerprint density at radius 2 is 2.07 bits per heavy atom. The van der Waals surface area contributed by atoms with Crippen molar-refractivity contribution in [2.24, 2.45) is 11.6 Å². The van der Waals surface area contributed by atoms with E-state index in [-0.39, 0.29) is 6.61 Å². The van der Waals surface area contributed by atoms with Gasteiger partial charge in [0.2, 0.25) is 0 Å². The zero-order valence-corrected chi connectivity index (χ0v) is 7.56. The van der Waals surface area contributed by atoms with Gasteiger partial charge in [-0.2, -0.15) is 0 Å². The van der Waals surface area contributed by atoms with E-state index in [0.29, 0.717) is 24.7 Å². The van der Waals surface area contributed by atoms with Crippen molar-refractivity contribution in [2.45, 2.75) is 12.5 Å². The first-order chi connectivity index (χ1) is 6.74. The van der Waals surface area contributed by atoms with Gasteiger partial charge in [0.15, 0.2) is 5.76 Å². The summed E-state index contributed by atoms with van der Waals surface area (Å²) >= 11 is 0. The minimum absolute atomic E-state index is 0.191. The quantitative estimate of drug-likeness (QED) is 0.655. The Labute approximate surface area is 80.7 Å². The standard InChI is InChI=1S/C8H12N2O4/c9-8(11-3-4-12-8)7-2-1-6(14-7)5-13-10/h1-2H,3-5,9-10H2. The SMILES string of the molecule is NOCc1ccc(C2(N)OCCO2)o1. The molecular weight excluding hydrogens is 188 g/mol. The third-order valence-electron chi connectivity index (χ3n) is 1.95. The fourth-order valence-electron chi connectivity index (χ4n) is 1.30. The van der Waals surface area contributed by atoms with E-state index < -0.39 is 5.91 Å². The Bertz CT molecular complexity index is 306. The van der Waals surface area contributed by atoms with Crippen LogP contribution in [0.15, 0.2) is 16.5 Å². The number of nitrogens with two attached hydrogens (primary N) is 2. The molecule has 1 aliphatic rings. The van der Waals surface area contributed by atoms with Gasteiger partial charge in [-0.3, -0.25) is 10.6 Å². The van der Waals surface area contributed by atoms with Gasteiger partial charge in [0.25, 0.3) is 5.91 Å². The average Bonchev–Trinajstić information content (AvgIpc) is 2.75. The van der Waals surface area contributed by atoms with Crippen LogP contribution in [0.3, 0.4) is 0 Å². The van der Waals surface area contributed by atoms with Crippen molar-refractivity contribution >= 4 is 0 Å². The summed E-state index contributed by atoms with van der Waals surface area (Å²) in [4.78, 5) is 4.42. The van der Waals surface area contributed by atoms with E-state index in [4.69, 9.17) is 25.5 Å². The molecule has 0 spiro atoms. The second-order valence-corrected chi connectivity index (χ2v) is 2.94. The van der Waals surface area contributed by atoms with Gasteiger partial charge in [-0.1, -0.05) is 0 Å².